The van der Waals surface area contributed by atoms with Crippen molar-refractivity contribution in [2.75, 3.05) is 0 Å². The summed E-state index contributed by atoms with van der Waals surface area (Å²) in [6.45, 7) is 9.24. The number of carboxylic acids is 1. The minimum Gasteiger partial charge on any atom is -0.480 e. The highest BCUT2D eigenvalue weighted by molar-refractivity contribution is 5.73. The molecule has 0 aromatic carbocycles. The highest BCUT2D eigenvalue weighted by atomic mass is 16.7. The van der Waals surface area contributed by atoms with Gasteiger partial charge in [-0.1, -0.05) is 13.8 Å². The smallest absolute Gasteiger partial charge is 0.323 e. The van der Waals surface area contributed by atoms with Gasteiger partial charge in [-0.05, 0) is 26.7 Å². The summed E-state index contributed by atoms with van der Waals surface area (Å²) in [6.07, 6.45) is 0. The van der Waals surface area contributed by atoms with Crippen molar-refractivity contribution >= 4 is 5.97 Å². The molecule has 0 aromatic rings. The number of carbonyl (C=O) groups is 1. The van der Waals surface area contributed by atoms with Crippen LogP contribution in [0.3, 0.4) is 0 Å². The monoisotopic (exact) mass is 189 g/mol. The second kappa shape index (κ2) is 4.58. The van der Waals surface area contributed by atoms with E-state index in [1.54, 1.807) is 0 Å². The molecular weight excluding hydrogens is 170 g/mol. The zero-order valence-corrected chi connectivity index (χ0v) is 8.92. The molecule has 4 heteroatoms. The molecule has 0 bridgehead atoms. The summed E-state index contributed by atoms with van der Waals surface area (Å²) in [4.78, 5) is 15.9. The molecule has 0 saturated heterocycles. The third-order valence-electron chi connectivity index (χ3n) is 1.42. The van der Waals surface area contributed by atoms with Gasteiger partial charge in [0.15, 0.2) is 0 Å². The summed E-state index contributed by atoms with van der Waals surface area (Å²) >= 11 is 0. The molecule has 2 N–H and O–H groups in total. The summed E-state index contributed by atoms with van der Waals surface area (Å²) in [5, 5.41) is 8.80. The Morgan fingerprint density at radius 2 is 1.85 bits per heavy atom. The van der Waals surface area contributed by atoms with Crippen LogP contribution in [0.4, 0.5) is 0 Å². The normalized spacial score (nSPS) is 14.6. The minimum absolute atomic E-state index is 0.000139. The van der Waals surface area contributed by atoms with Gasteiger partial charge in [-0.3, -0.25) is 9.63 Å². The van der Waals surface area contributed by atoms with Gasteiger partial charge in [0.1, 0.15) is 6.04 Å². The van der Waals surface area contributed by atoms with E-state index in [0.29, 0.717) is 0 Å². The van der Waals surface area contributed by atoms with Crippen molar-refractivity contribution in [2.24, 2.45) is 5.92 Å². The van der Waals surface area contributed by atoms with Crippen LogP contribution in [0, 0.1) is 5.92 Å². The molecular formula is C9H19NO3. The number of aliphatic carboxylic acids is 1. The predicted molar refractivity (Wildman–Crippen MR) is 50.2 cm³/mol. The van der Waals surface area contributed by atoms with E-state index < -0.39 is 12.0 Å². The highest BCUT2D eigenvalue weighted by Gasteiger charge is 2.23. The first kappa shape index (κ1) is 12.4. The number of hydroxylamine groups is 1. The molecule has 1 unspecified atom stereocenters. The molecule has 0 rings (SSSR count). The van der Waals surface area contributed by atoms with Crippen molar-refractivity contribution in [3.8, 4) is 0 Å². The molecule has 0 aliphatic heterocycles. The van der Waals surface area contributed by atoms with Crippen LogP contribution in [-0.4, -0.2) is 22.7 Å². The summed E-state index contributed by atoms with van der Waals surface area (Å²) in [5.74, 6) is -0.890. The zero-order valence-electron chi connectivity index (χ0n) is 8.92. The Balaban J connectivity index is 4.06. The van der Waals surface area contributed by atoms with E-state index in [1.807, 2.05) is 34.6 Å². The van der Waals surface area contributed by atoms with Gasteiger partial charge in [-0.25, -0.2) is 0 Å². The largest absolute Gasteiger partial charge is 0.480 e. The standard InChI is InChI=1S/C9H19NO3/c1-6(2)7(8(11)12)10-13-9(3,4)5/h6-7,10H,1-5H3,(H,11,12). The van der Waals surface area contributed by atoms with Gasteiger partial charge in [0.25, 0.3) is 0 Å². The first-order valence-corrected chi connectivity index (χ1v) is 4.40. The van der Waals surface area contributed by atoms with E-state index in [9.17, 15) is 4.79 Å². The molecule has 0 aliphatic carbocycles. The number of hydrogen-bond acceptors (Lipinski definition) is 3. The minimum atomic E-state index is -0.890. The van der Waals surface area contributed by atoms with Crippen LogP contribution in [-0.2, 0) is 9.63 Å². The van der Waals surface area contributed by atoms with Gasteiger partial charge in [0.2, 0.25) is 0 Å². The number of nitrogens with one attached hydrogen (secondary N) is 1. The first-order chi connectivity index (χ1) is 5.74. The summed E-state index contributed by atoms with van der Waals surface area (Å²) in [6, 6.07) is -0.653. The Bertz CT molecular complexity index is 172. The fourth-order valence-corrected chi connectivity index (χ4v) is 0.712. The van der Waals surface area contributed by atoms with Crippen molar-refractivity contribution < 1.29 is 14.7 Å². The van der Waals surface area contributed by atoms with Crippen LogP contribution in [0.15, 0.2) is 0 Å². The van der Waals surface area contributed by atoms with Crippen molar-refractivity contribution in [1.29, 1.82) is 0 Å². The summed E-state index contributed by atoms with van der Waals surface area (Å²) in [7, 11) is 0. The maximum absolute atomic E-state index is 10.7. The lowest BCUT2D eigenvalue weighted by Gasteiger charge is -2.24. The fraction of sp³-hybridized carbons (Fsp3) is 0.889. The molecule has 0 aromatic heterocycles. The van der Waals surface area contributed by atoms with E-state index in [4.69, 9.17) is 9.94 Å². The average Bonchev–Trinajstić information content (AvgIpc) is 1.82. The van der Waals surface area contributed by atoms with E-state index in [0.717, 1.165) is 0 Å². The van der Waals surface area contributed by atoms with Gasteiger partial charge in [-0.15, -0.1) is 0 Å². The Hall–Kier alpha value is -0.610. The molecule has 0 spiro atoms. The lowest BCUT2D eigenvalue weighted by molar-refractivity contribution is -0.152. The Morgan fingerprint density at radius 1 is 1.38 bits per heavy atom. The number of rotatable bonds is 4. The van der Waals surface area contributed by atoms with Gasteiger partial charge in [-0.2, -0.15) is 5.48 Å². The molecule has 0 amide bonds. The van der Waals surface area contributed by atoms with Crippen molar-refractivity contribution in [3.05, 3.63) is 0 Å². The van der Waals surface area contributed by atoms with Crippen LogP contribution in [0.5, 0.6) is 0 Å². The van der Waals surface area contributed by atoms with Gasteiger partial charge in [0, 0.05) is 0 Å². The molecule has 0 radical (unpaired) electrons. The van der Waals surface area contributed by atoms with Crippen molar-refractivity contribution in [2.45, 2.75) is 46.3 Å². The SMILES string of the molecule is CC(C)C(NOC(C)(C)C)C(=O)O. The third kappa shape index (κ3) is 5.60. The van der Waals surface area contributed by atoms with Crippen LogP contribution >= 0.6 is 0 Å². The molecule has 0 aliphatic rings. The average molecular weight is 189 g/mol. The maximum Gasteiger partial charge on any atom is 0.323 e. The van der Waals surface area contributed by atoms with E-state index >= 15 is 0 Å². The molecule has 0 saturated carbocycles. The van der Waals surface area contributed by atoms with Crippen LogP contribution in [0.1, 0.15) is 34.6 Å². The molecule has 4 nitrogen and oxygen atoms in total. The molecule has 0 heterocycles. The topological polar surface area (TPSA) is 58.6 Å². The summed E-state index contributed by atoms with van der Waals surface area (Å²) in [5.41, 5.74) is 2.19. The van der Waals surface area contributed by atoms with Gasteiger partial charge in [0.05, 0.1) is 5.60 Å². The quantitative estimate of drug-likeness (QED) is 0.656. The second-order valence-electron chi connectivity index (χ2n) is 4.39. The van der Waals surface area contributed by atoms with E-state index in [1.165, 1.54) is 0 Å². The maximum atomic E-state index is 10.7. The van der Waals surface area contributed by atoms with Crippen LogP contribution in [0.25, 0.3) is 0 Å². The molecule has 78 valence electrons. The fourth-order valence-electron chi connectivity index (χ4n) is 0.712. The third-order valence-corrected chi connectivity index (χ3v) is 1.42. The van der Waals surface area contributed by atoms with Gasteiger partial charge < -0.3 is 5.11 Å². The van der Waals surface area contributed by atoms with Gasteiger partial charge >= 0.3 is 5.97 Å². The van der Waals surface area contributed by atoms with Crippen LogP contribution in [0.2, 0.25) is 0 Å². The lowest BCUT2D eigenvalue weighted by atomic mass is 10.1. The Kier molecular flexibility index (Phi) is 4.36. The number of hydrogen-bond donors (Lipinski definition) is 2. The predicted octanol–water partition coefficient (Wildman–Crippen LogP) is 1.42. The first-order valence-electron chi connectivity index (χ1n) is 4.40. The molecule has 13 heavy (non-hydrogen) atoms. The lowest BCUT2D eigenvalue weighted by Crippen LogP contribution is -2.44. The zero-order chi connectivity index (χ0) is 10.6. The van der Waals surface area contributed by atoms with Crippen molar-refractivity contribution in [1.82, 2.24) is 5.48 Å². The number of carboxylic acid groups (broad SMARTS) is 1. The molecule has 1 atom stereocenters. The van der Waals surface area contributed by atoms with Crippen LogP contribution < -0.4 is 5.48 Å². The highest BCUT2D eigenvalue weighted by Crippen LogP contribution is 2.07. The molecule has 0 fully saturated rings. The second-order valence-corrected chi connectivity index (χ2v) is 4.39. The van der Waals surface area contributed by atoms with E-state index in [-0.39, 0.29) is 11.5 Å². The summed E-state index contributed by atoms with van der Waals surface area (Å²) < 4.78 is 0. The Morgan fingerprint density at radius 3 is 2.08 bits per heavy atom. The van der Waals surface area contributed by atoms with Crippen molar-refractivity contribution in [3.63, 3.8) is 0 Å². The Labute approximate surface area is 79.2 Å². The van der Waals surface area contributed by atoms with E-state index in [2.05, 4.69) is 5.48 Å².